The number of thiophene rings is 2. The van der Waals surface area contributed by atoms with Crippen molar-refractivity contribution in [2.75, 3.05) is 0 Å². The highest BCUT2D eigenvalue weighted by molar-refractivity contribution is 9.11. The molecular formula is C11H10BrClS2. The average Bonchev–Trinajstić information content (AvgIpc) is 2.84. The molecule has 0 aliphatic rings. The van der Waals surface area contributed by atoms with Crippen LogP contribution in [0.4, 0.5) is 0 Å². The molecule has 0 N–H and O–H groups in total. The number of rotatable bonds is 3. The summed E-state index contributed by atoms with van der Waals surface area (Å²) in [5.74, 6) is 0. The molecule has 1 atom stereocenters. The number of aryl methyl sites for hydroxylation is 1. The molecule has 2 aromatic rings. The maximum Gasteiger partial charge on any atom is 0.0936 e. The summed E-state index contributed by atoms with van der Waals surface area (Å²) in [6.07, 6.45) is 1.08. The van der Waals surface area contributed by atoms with Gasteiger partial charge in [-0.25, -0.2) is 0 Å². The fourth-order valence-electron chi connectivity index (χ4n) is 1.34. The number of alkyl halides is 1. The van der Waals surface area contributed by atoms with Gasteiger partial charge in [-0.2, -0.15) is 0 Å². The lowest BCUT2D eigenvalue weighted by molar-refractivity contribution is 1.19. The van der Waals surface area contributed by atoms with E-state index in [1.807, 2.05) is 0 Å². The van der Waals surface area contributed by atoms with Crippen molar-refractivity contribution in [3.8, 4) is 0 Å². The van der Waals surface area contributed by atoms with E-state index in [4.69, 9.17) is 11.6 Å². The molecule has 0 aliphatic carbocycles. The Labute approximate surface area is 111 Å². The van der Waals surface area contributed by atoms with Crippen molar-refractivity contribution in [1.82, 2.24) is 0 Å². The minimum absolute atomic E-state index is 0.00199. The summed E-state index contributed by atoms with van der Waals surface area (Å²) in [6, 6.07) is 6.39. The summed E-state index contributed by atoms with van der Waals surface area (Å²) in [5, 5.41) is 2.10. The molecule has 0 aliphatic heterocycles. The molecule has 0 saturated carbocycles. The molecule has 15 heavy (non-hydrogen) atoms. The summed E-state index contributed by atoms with van der Waals surface area (Å²) in [7, 11) is 0. The summed E-state index contributed by atoms with van der Waals surface area (Å²) in [6.45, 7) is 2.17. The molecular weight excluding hydrogens is 312 g/mol. The minimum Gasteiger partial charge on any atom is -0.143 e. The van der Waals surface area contributed by atoms with Crippen molar-refractivity contribution in [3.05, 3.63) is 42.7 Å². The van der Waals surface area contributed by atoms with E-state index < -0.39 is 0 Å². The summed E-state index contributed by atoms with van der Waals surface area (Å²) < 4.78 is 1.13. The smallest absolute Gasteiger partial charge is 0.0936 e. The van der Waals surface area contributed by atoms with Crippen LogP contribution < -0.4 is 0 Å². The Hall–Kier alpha value is 0.170. The quantitative estimate of drug-likeness (QED) is 0.658. The van der Waals surface area contributed by atoms with Crippen molar-refractivity contribution in [3.63, 3.8) is 0 Å². The van der Waals surface area contributed by atoms with E-state index in [2.05, 4.69) is 46.4 Å². The van der Waals surface area contributed by atoms with Gasteiger partial charge in [-0.3, -0.25) is 0 Å². The SMILES string of the molecule is CCc1ccc(C(Cl)c2csc(Br)c2)s1. The molecule has 0 radical (unpaired) electrons. The highest BCUT2D eigenvalue weighted by atomic mass is 79.9. The highest BCUT2D eigenvalue weighted by Crippen LogP contribution is 2.37. The molecule has 2 heterocycles. The third-order valence-corrected chi connectivity index (χ3v) is 5.59. The predicted molar refractivity (Wildman–Crippen MR) is 73.4 cm³/mol. The van der Waals surface area contributed by atoms with E-state index >= 15 is 0 Å². The summed E-state index contributed by atoms with van der Waals surface area (Å²) >= 11 is 13.3. The zero-order chi connectivity index (χ0) is 10.8. The average molecular weight is 322 g/mol. The Morgan fingerprint density at radius 2 is 2.27 bits per heavy atom. The Kier molecular flexibility index (Phi) is 3.88. The molecule has 0 nitrogen and oxygen atoms in total. The maximum absolute atomic E-state index is 6.41. The molecule has 2 rings (SSSR count). The van der Waals surface area contributed by atoms with Crippen LogP contribution >= 0.6 is 50.2 Å². The van der Waals surface area contributed by atoms with Gasteiger partial charge in [0.15, 0.2) is 0 Å². The molecule has 4 heteroatoms. The lowest BCUT2D eigenvalue weighted by Gasteiger charge is -2.03. The number of hydrogen-bond acceptors (Lipinski definition) is 2. The predicted octanol–water partition coefficient (Wildman–Crippen LogP) is 5.46. The molecule has 2 aromatic heterocycles. The first-order valence-electron chi connectivity index (χ1n) is 4.67. The Morgan fingerprint density at radius 3 is 2.80 bits per heavy atom. The van der Waals surface area contributed by atoms with Crippen LogP contribution in [0.5, 0.6) is 0 Å². The first-order chi connectivity index (χ1) is 7.20. The van der Waals surface area contributed by atoms with Crippen LogP contribution in [-0.2, 0) is 6.42 Å². The second-order valence-electron chi connectivity index (χ2n) is 3.20. The Bertz CT molecular complexity index is 447. The first-order valence-corrected chi connectivity index (χ1v) is 7.60. The normalized spacial score (nSPS) is 13.0. The topological polar surface area (TPSA) is 0 Å². The molecule has 0 bridgehead atoms. The van der Waals surface area contributed by atoms with Crippen LogP contribution in [0.15, 0.2) is 27.4 Å². The van der Waals surface area contributed by atoms with Gasteiger partial charge in [0.05, 0.1) is 9.16 Å². The second-order valence-corrected chi connectivity index (χ2v) is 7.13. The fraction of sp³-hybridized carbons (Fsp3) is 0.273. The Morgan fingerprint density at radius 1 is 1.47 bits per heavy atom. The molecule has 0 amide bonds. The van der Waals surface area contributed by atoms with Crippen molar-refractivity contribution < 1.29 is 0 Å². The van der Waals surface area contributed by atoms with Crippen LogP contribution in [-0.4, -0.2) is 0 Å². The molecule has 80 valence electrons. The van der Waals surface area contributed by atoms with Crippen LogP contribution in [0.25, 0.3) is 0 Å². The zero-order valence-corrected chi connectivity index (χ0v) is 12.1. The van der Waals surface area contributed by atoms with E-state index in [0.717, 1.165) is 10.2 Å². The highest BCUT2D eigenvalue weighted by Gasteiger charge is 2.14. The van der Waals surface area contributed by atoms with E-state index in [0.29, 0.717) is 0 Å². The van der Waals surface area contributed by atoms with Gasteiger partial charge in [0.1, 0.15) is 0 Å². The van der Waals surface area contributed by atoms with E-state index in [1.54, 1.807) is 22.7 Å². The van der Waals surface area contributed by atoms with Gasteiger partial charge < -0.3 is 0 Å². The van der Waals surface area contributed by atoms with Gasteiger partial charge in [-0.15, -0.1) is 34.3 Å². The zero-order valence-electron chi connectivity index (χ0n) is 8.17. The van der Waals surface area contributed by atoms with Gasteiger partial charge in [0.25, 0.3) is 0 Å². The molecule has 0 spiro atoms. The van der Waals surface area contributed by atoms with E-state index in [-0.39, 0.29) is 5.38 Å². The van der Waals surface area contributed by atoms with Crippen LogP contribution in [0.1, 0.15) is 27.6 Å². The molecule has 1 unspecified atom stereocenters. The summed E-state index contributed by atoms with van der Waals surface area (Å²) in [5.41, 5.74) is 1.18. The lowest BCUT2D eigenvalue weighted by atomic mass is 10.2. The van der Waals surface area contributed by atoms with Crippen molar-refractivity contribution >= 4 is 50.2 Å². The standard InChI is InChI=1S/C11H10BrClS2/c1-2-8-3-4-9(15-8)11(13)7-5-10(12)14-6-7/h3-6,11H,2H2,1H3. The van der Waals surface area contributed by atoms with Gasteiger partial charge >= 0.3 is 0 Å². The van der Waals surface area contributed by atoms with Crippen LogP contribution in [0.2, 0.25) is 0 Å². The van der Waals surface area contributed by atoms with Crippen molar-refractivity contribution in [2.24, 2.45) is 0 Å². The molecule has 0 fully saturated rings. The monoisotopic (exact) mass is 320 g/mol. The van der Waals surface area contributed by atoms with Crippen LogP contribution in [0.3, 0.4) is 0 Å². The van der Waals surface area contributed by atoms with Gasteiger partial charge in [0.2, 0.25) is 0 Å². The Balaban J connectivity index is 2.23. The molecule has 0 saturated heterocycles. The second kappa shape index (κ2) is 5.00. The number of halogens is 2. The molecule has 0 aromatic carbocycles. The maximum atomic E-state index is 6.41. The van der Waals surface area contributed by atoms with E-state index in [1.165, 1.54) is 15.3 Å². The number of hydrogen-bond donors (Lipinski definition) is 0. The minimum atomic E-state index is -0.00199. The first kappa shape index (κ1) is 11.6. The fourth-order valence-corrected chi connectivity index (χ4v) is 3.91. The largest absolute Gasteiger partial charge is 0.143 e. The van der Waals surface area contributed by atoms with Gasteiger partial charge in [-0.1, -0.05) is 6.92 Å². The van der Waals surface area contributed by atoms with Gasteiger partial charge in [0, 0.05) is 9.75 Å². The third kappa shape index (κ3) is 2.64. The summed E-state index contributed by atoms with van der Waals surface area (Å²) in [4.78, 5) is 2.63. The lowest BCUT2D eigenvalue weighted by Crippen LogP contribution is -1.85. The van der Waals surface area contributed by atoms with Gasteiger partial charge in [-0.05, 0) is 51.5 Å². The van der Waals surface area contributed by atoms with Crippen LogP contribution in [0, 0.1) is 0 Å². The van der Waals surface area contributed by atoms with Crippen molar-refractivity contribution in [2.45, 2.75) is 18.7 Å². The third-order valence-electron chi connectivity index (χ3n) is 2.16. The van der Waals surface area contributed by atoms with Crippen molar-refractivity contribution in [1.29, 1.82) is 0 Å². The van der Waals surface area contributed by atoms with E-state index in [9.17, 15) is 0 Å².